The number of benzene rings is 1. The summed E-state index contributed by atoms with van der Waals surface area (Å²) in [6.07, 6.45) is 3.29. The zero-order valence-corrected chi connectivity index (χ0v) is 16.5. The molecule has 1 amide bonds. The van der Waals surface area contributed by atoms with Crippen molar-refractivity contribution in [2.75, 3.05) is 23.7 Å². The average Bonchev–Trinajstić information content (AvgIpc) is 3.19. The first-order chi connectivity index (χ1) is 14.4. The van der Waals surface area contributed by atoms with E-state index in [1.807, 2.05) is 6.07 Å². The molecule has 7 nitrogen and oxygen atoms in total. The fourth-order valence-electron chi connectivity index (χ4n) is 2.36. The number of hydrogen-bond acceptors (Lipinski definition) is 7. The lowest BCUT2D eigenvalue weighted by atomic mass is 10.1. The fraction of sp³-hybridized carbons (Fsp3) is 0.211. The Morgan fingerprint density at radius 3 is 2.77 bits per heavy atom. The lowest BCUT2D eigenvalue weighted by molar-refractivity contribution is 0.0118. The van der Waals surface area contributed by atoms with Gasteiger partial charge in [-0.2, -0.15) is 0 Å². The Morgan fingerprint density at radius 2 is 2.03 bits per heavy atom. The van der Waals surface area contributed by atoms with Gasteiger partial charge in [-0.3, -0.25) is 4.79 Å². The van der Waals surface area contributed by atoms with Crippen molar-refractivity contribution < 1.29 is 18.0 Å². The number of carbonyl (C=O) groups is 1. The number of pyridine rings is 1. The van der Waals surface area contributed by atoms with Crippen LogP contribution in [-0.4, -0.2) is 34.9 Å². The van der Waals surface area contributed by atoms with Gasteiger partial charge in [-0.15, -0.1) is 0 Å². The standard InChI is InChI=1S/C19H19F3N6OS/c20-14-5-4-12(17(29)27-11-19(21,22)10-23)7-15(14)25-8-13-9-26-18(30-13)28-16-3-1-2-6-24-16/h1-7,9,25H,8,10-11,23H2,(H,27,29)(H,24,26,28). The van der Waals surface area contributed by atoms with Crippen LogP contribution in [0.4, 0.5) is 29.8 Å². The number of hydrogen-bond donors (Lipinski definition) is 4. The molecule has 30 heavy (non-hydrogen) atoms. The number of anilines is 3. The third kappa shape index (κ3) is 5.91. The highest BCUT2D eigenvalue weighted by molar-refractivity contribution is 7.15. The maximum absolute atomic E-state index is 14.1. The molecule has 0 unspecified atom stereocenters. The number of nitrogens with one attached hydrogen (secondary N) is 3. The zero-order chi connectivity index (χ0) is 21.6. The van der Waals surface area contributed by atoms with E-state index >= 15 is 0 Å². The number of amides is 1. The minimum atomic E-state index is -3.20. The molecule has 2 heterocycles. The van der Waals surface area contributed by atoms with E-state index < -0.39 is 30.7 Å². The first-order valence-electron chi connectivity index (χ1n) is 8.88. The van der Waals surface area contributed by atoms with Crippen LogP contribution in [0, 0.1) is 5.82 Å². The predicted molar refractivity (Wildman–Crippen MR) is 110 cm³/mol. The molecule has 0 saturated heterocycles. The second-order valence-electron chi connectivity index (χ2n) is 6.26. The summed E-state index contributed by atoms with van der Waals surface area (Å²) in [4.78, 5) is 21.3. The van der Waals surface area contributed by atoms with Gasteiger partial charge in [0, 0.05) is 22.8 Å². The van der Waals surface area contributed by atoms with Gasteiger partial charge in [0.15, 0.2) is 5.13 Å². The van der Waals surface area contributed by atoms with Crippen LogP contribution in [0.1, 0.15) is 15.2 Å². The molecule has 0 bridgehead atoms. The Labute approximate surface area is 174 Å². The van der Waals surface area contributed by atoms with Crippen molar-refractivity contribution in [3.63, 3.8) is 0 Å². The molecular formula is C19H19F3N6OS. The monoisotopic (exact) mass is 436 g/mol. The van der Waals surface area contributed by atoms with E-state index in [9.17, 15) is 18.0 Å². The molecule has 2 aromatic heterocycles. The molecule has 0 aliphatic rings. The Balaban J connectivity index is 1.60. The highest BCUT2D eigenvalue weighted by atomic mass is 32.1. The van der Waals surface area contributed by atoms with Crippen LogP contribution < -0.4 is 21.7 Å². The van der Waals surface area contributed by atoms with E-state index in [-0.39, 0.29) is 17.8 Å². The van der Waals surface area contributed by atoms with Crippen molar-refractivity contribution in [2.45, 2.75) is 12.5 Å². The van der Waals surface area contributed by atoms with Crippen LogP contribution in [0.3, 0.4) is 0 Å². The summed E-state index contributed by atoms with van der Waals surface area (Å²) in [5.74, 6) is -3.87. The van der Waals surface area contributed by atoms with E-state index in [0.717, 1.165) is 10.9 Å². The first-order valence-corrected chi connectivity index (χ1v) is 9.70. The van der Waals surface area contributed by atoms with Crippen LogP contribution in [-0.2, 0) is 6.54 Å². The normalized spacial score (nSPS) is 11.2. The van der Waals surface area contributed by atoms with Crippen LogP contribution in [0.15, 0.2) is 48.8 Å². The highest BCUT2D eigenvalue weighted by Gasteiger charge is 2.27. The summed E-state index contributed by atoms with van der Waals surface area (Å²) < 4.78 is 40.5. The summed E-state index contributed by atoms with van der Waals surface area (Å²) in [5, 5.41) is 8.67. The van der Waals surface area contributed by atoms with Gasteiger partial charge in [0.1, 0.15) is 11.6 Å². The lowest BCUT2D eigenvalue weighted by Crippen LogP contribution is -2.41. The second-order valence-corrected chi connectivity index (χ2v) is 7.38. The smallest absolute Gasteiger partial charge is 0.277 e. The highest BCUT2D eigenvalue weighted by Crippen LogP contribution is 2.23. The van der Waals surface area contributed by atoms with Crippen molar-refractivity contribution >= 4 is 33.9 Å². The molecule has 158 valence electrons. The largest absolute Gasteiger partial charge is 0.378 e. The molecule has 0 fully saturated rings. The third-order valence-corrected chi connectivity index (χ3v) is 4.85. The quantitative estimate of drug-likeness (QED) is 0.410. The summed E-state index contributed by atoms with van der Waals surface area (Å²) in [6.45, 7) is -1.51. The maximum atomic E-state index is 14.1. The molecule has 1 aromatic carbocycles. The van der Waals surface area contributed by atoms with Crippen molar-refractivity contribution in [3.8, 4) is 0 Å². The Bertz CT molecular complexity index is 999. The second kappa shape index (κ2) is 9.55. The fourth-order valence-corrected chi connectivity index (χ4v) is 3.12. The number of carbonyl (C=O) groups excluding carboxylic acids is 1. The zero-order valence-electron chi connectivity index (χ0n) is 15.7. The number of rotatable bonds is 9. The van der Waals surface area contributed by atoms with Crippen LogP contribution in [0.2, 0.25) is 0 Å². The predicted octanol–water partition coefficient (Wildman–Crippen LogP) is 3.36. The third-order valence-electron chi connectivity index (χ3n) is 3.94. The van der Waals surface area contributed by atoms with E-state index in [1.54, 1.807) is 24.5 Å². The molecule has 0 aliphatic carbocycles. The summed E-state index contributed by atoms with van der Waals surface area (Å²) in [7, 11) is 0. The minimum Gasteiger partial charge on any atom is -0.378 e. The van der Waals surface area contributed by atoms with Crippen molar-refractivity contribution in [2.24, 2.45) is 5.73 Å². The van der Waals surface area contributed by atoms with Gasteiger partial charge in [-0.1, -0.05) is 17.4 Å². The number of nitrogens with two attached hydrogens (primary N) is 1. The van der Waals surface area contributed by atoms with Gasteiger partial charge in [0.25, 0.3) is 11.8 Å². The Hall–Kier alpha value is -3.18. The molecule has 3 rings (SSSR count). The van der Waals surface area contributed by atoms with E-state index in [2.05, 4.69) is 25.9 Å². The van der Waals surface area contributed by atoms with Gasteiger partial charge in [-0.25, -0.2) is 23.1 Å². The molecule has 5 N–H and O–H groups in total. The van der Waals surface area contributed by atoms with Gasteiger partial charge in [0.05, 0.1) is 25.3 Å². The first kappa shape index (κ1) is 21.5. The molecule has 3 aromatic rings. The topological polar surface area (TPSA) is 105 Å². The molecule has 0 saturated carbocycles. The average molecular weight is 436 g/mol. The summed E-state index contributed by atoms with van der Waals surface area (Å²) >= 11 is 1.36. The molecular weight excluding hydrogens is 417 g/mol. The van der Waals surface area contributed by atoms with E-state index in [0.29, 0.717) is 10.9 Å². The number of alkyl halides is 2. The van der Waals surface area contributed by atoms with Crippen LogP contribution in [0.25, 0.3) is 0 Å². The summed E-state index contributed by atoms with van der Waals surface area (Å²) in [6, 6.07) is 9.02. The molecule has 11 heteroatoms. The van der Waals surface area contributed by atoms with Gasteiger partial charge < -0.3 is 21.7 Å². The van der Waals surface area contributed by atoms with E-state index in [1.165, 1.54) is 23.5 Å². The number of aromatic nitrogens is 2. The molecule has 0 spiro atoms. The number of halogens is 3. The molecule has 0 aliphatic heterocycles. The molecule has 0 radical (unpaired) electrons. The van der Waals surface area contributed by atoms with E-state index in [4.69, 9.17) is 5.73 Å². The maximum Gasteiger partial charge on any atom is 0.277 e. The Kier molecular flexibility index (Phi) is 6.85. The summed E-state index contributed by atoms with van der Waals surface area (Å²) in [5.41, 5.74) is 5.06. The van der Waals surface area contributed by atoms with Crippen molar-refractivity contribution in [1.29, 1.82) is 0 Å². The van der Waals surface area contributed by atoms with Crippen molar-refractivity contribution in [3.05, 3.63) is 65.0 Å². The van der Waals surface area contributed by atoms with Crippen LogP contribution >= 0.6 is 11.3 Å². The van der Waals surface area contributed by atoms with Crippen molar-refractivity contribution in [1.82, 2.24) is 15.3 Å². The molecule has 0 atom stereocenters. The SMILES string of the molecule is NCC(F)(F)CNC(=O)c1ccc(F)c(NCc2cnc(Nc3ccccn3)s2)c1. The lowest BCUT2D eigenvalue weighted by Gasteiger charge is -2.15. The Morgan fingerprint density at radius 1 is 1.20 bits per heavy atom. The van der Waals surface area contributed by atoms with Gasteiger partial charge in [-0.05, 0) is 30.3 Å². The number of thiazole rings is 1. The van der Waals surface area contributed by atoms with Gasteiger partial charge >= 0.3 is 0 Å². The minimum absolute atomic E-state index is 0.0496. The van der Waals surface area contributed by atoms with Crippen LogP contribution in [0.5, 0.6) is 0 Å². The number of nitrogens with zero attached hydrogens (tertiary/aromatic N) is 2. The van der Waals surface area contributed by atoms with Gasteiger partial charge in [0.2, 0.25) is 0 Å².